The summed E-state index contributed by atoms with van der Waals surface area (Å²) in [6.45, 7) is 0. The molecule has 1 rings (SSSR count). The number of halogens is 4. The molecule has 17 heavy (non-hydrogen) atoms. The van der Waals surface area contributed by atoms with Crippen LogP contribution >= 0.6 is 22.3 Å². The summed E-state index contributed by atoms with van der Waals surface area (Å²) in [6.07, 6.45) is -3.17. The van der Waals surface area contributed by atoms with Gasteiger partial charge in [0.25, 0.3) is 21.2 Å². The Labute approximate surface area is 104 Å². The van der Waals surface area contributed by atoms with E-state index in [0.717, 1.165) is 0 Å². The topological polar surface area (TPSA) is 77.3 Å². The quantitative estimate of drug-likeness (QED) is 0.488. The fourth-order valence-corrected chi connectivity index (χ4v) is 2.40. The molecule has 0 saturated carbocycles. The highest BCUT2D eigenvalue weighted by atomic mass is 35.7. The van der Waals surface area contributed by atoms with E-state index in [0.29, 0.717) is 12.1 Å². The van der Waals surface area contributed by atoms with Gasteiger partial charge in [0, 0.05) is 22.3 Å². The third kappa shape index (κ3) is 3.02. The van der Waals surface area contributed by atoms with E-state index in [1.54, 1.807) is 0 Å². The molecule has 0 N–H and O–H groups in total. The molecule has 94 valence electrons. The van der Waals surface area contributed by atoms with E-state index in [1.807, 2.05) is 0 Å². The monoisotopic (exact) mass is 305 g/mol. The zero-order valence-corrected chi connectivity index (χ0v) is 10.1. The Kier molecular flexibility index (Phi) is 3.90. The first-order valence-corrected chi connectivity index (χ1v) is 6.54. The average Bonchev–Trinajstić information content (AvgIpc) is 2.14. The predicted octanol–water partition coefficient (Wildman–Crippen LogP) is 3.11. The van der Waals surface area contributed by atoms with Crippen molar-refractivity contribution >= 4 is 37.0 Å². The Bertz CT molecular complexity index is 575. The lowest BCUT2D eigenvalue weighted by Gasteiger charge is -2.06. The summed E-state index contributed by atoms with van der Waals surface area (Å²) in [5, 5.41) is 9.89. The van der Waals surface area contributed by atoms with Gasteiger partial charge in [0.15, 0.2) is 0 Å². The Hall–Kier alpha value is -0.990. The molecule has 0 aliphatic rings. The summed E-state index contributed by atoms with van der Waals surface area (Å²) >= 11 is 5.38. The molecule has 0 aliphatic carbocycles. The molecule has 1 aromatic carbocycles. The maximum absolute atomic E-state index is 12.5. The minimum Gasteiger partial charge on any atom is -0.258 e. The van der Waals surface area contributed by atoms with Crippen molar-refractivity contribution in [1.29, 1.82) is 0 Å². The van der Waals surface area contributed by atoms with Gasteiger partial charge in [0.2, 0.25) is 0 Å². The standard InChI is InChI=1S/C7H3Cl2F2NO4S/c8-4-1-3(7(10)11)6(17(9,15)16)2-5(4)12(13)14/h1-2,7H. The lowest BCUT2D eigenvalue weighted by Crippen LogP contribution is -2.01. The molecule has 0 amide bonds. The number of nitro benzene ring substituents is 1. The summed E-state index contributed by atoms with van der Waals surface area (Å²) in [6, 6.07) is 0.922. The highest BCUT2D eigenvalue weighted by Crippen LogP contribution is 2.36. The lowest BCUT2D eigenvalue weighted by atomic mass is 10.2. The summed E-state index contributed by atoms with van der Waals surface area (Å²) < 4.78 is 47.1. The van der Waals surface area contributed by atoms with Crippen molar-refractivity contribution < 1.29 is 22.1 Å². The van der Waals surface area contributed by atoms with Crippen molar-refractivity contribution in [3.8, 4) is 0 Å². The zero-order valence-electron chi connectivity index (χ0n) is 7.73. The third-order valence-electron chi connectivity index (χ3n) is 1.77. The second kappa shape index (κ2) is 4.71. The normalized spacial score (nSPS) is 11.8. The molecule has 0 unspecified atom stereocenters. The van der Waals surface area contributed by atoms with Gasteiger partial charge < -0.3 is 0 Å². The van der Waals surface area contributed by atoms with E-state index in [9.17, 15) is 27.3 Å². The van der Waals surface area contributed by atoms with Crippen LogP contribution < -0.4 is 0 Å². The fourth-order valence-electron chi connectivity index (χ4n) is 1.08. The summed E-state index contributed by atoms with van der Waals surface area (Å²) in [5.41, 5.74) is -1.79. The smallest absolute Gasteiger partial charge is 0.258 e. The number of hydrogen-bond acceptors (Lipinski definition) is 4. The van der Waals surface area contributed by atoms with Crippen LogP contribution in [0.2, 0.25) is 5.02 Å². The van der Waals surface area contributed by atoms with Gasteiger partial charge in [-0.05, 0) is 6.07 Å². The molecule has 0 atom stereocenters. The lowest BCUT2D eigenvalue weighted by molar-refractivity contribution is -0.384. The van der Waals surface area contributed by atoms with Crippen LogP contribution in [0, 0.1) is 10.1 Å². The Morgan fingerprint density at radius 1 is 1.35 bits per heavy atom. The molecule has 5 nitrogen and oxygen atoms in total. The summed E-state index contributed by atoms with van der Waals surface area (Å²) in [5.74, 6) is 0. The first kappa shape index (κ1) is 14.1. The van der Waals surface area contributed by atoms with E-state index in [1.165, 1.54) is 0 Å². The first-order chi connectivity index (χ1) is 7.64. The van der Waals surface area contributed by atoms with Crippen molar-refractivity contribution in [2.75, 3.05) is 0 Å². The van der Waals surface area contributed by atoms with Crippen LogP contribution in [0.25, 0.3) is 0 Å². The van der Waals surface area contributed by atoms with Gasteiger partial charge in [-0.25, -0.2) is 17.2 Å². The number of benzene rings is 1. The van der Waals surface area contributed by atoms with Gasteiger partial charge in [-0.15, -0.1) is 0 Å². The van der Waals surface area contributed by atoms with E-state index in [2.05, 4.69) is 0 Å². The Balaban J connectivity index is 3.66. The van der Waals surface area contributed by atoms with Crippen LogP contribution in [0.5, 0.6) is 0 Å². The molecular formula is C7H3Cl2F2NO4S. The molecule has 0 saturated heterocycles. The number of rotatable bonds is 3. The molecule has 0 bridgehead atoms. The van der Waals surface area contributed by atoms with Crippen molar-refractivity contribution in [3.05, 3.63) is 32.8 Å². The van der Waals surface area contributed by atoms with Gasteiger partial charge in [0.1, 0.15) is 5.02 Å². The van der Waals surface area contributed by atoms with Crippen molar-refractivity contribution in [1.82, 2.24) is 0 Å². The summed E-state index contributed by atoms with van der Waals surface area (Å²) in [7, 11) is 0.388. The number of nitro groups is 1. The largest absolute Gasteiger partial charge is 0.289 e. The highest BCUT2D eigenvalue weighted by molar-refractivity contribution is 8.13. The van der Waals surface area contributed by atoms with Crippen LogP contribution in [0.1, 0.15) is 12.0 Å². The van der Waals surface area contributed by atoms with Crippen LogP contribution in [0.4, 0.5) is 14.5 Å². The van der Waals surface area contributed by atoms with E-state index >= 15 is 0 Å². The number of alkyl halides is 2. The molecule has 0 aliphatic heterocycles. The average molecular weight is 306 g/mol. The molecule has 0 heterocycles. The van der Waals surface area contributed by atoms with Crippen LogP contribution in [-0.2, 0) is 9.05 Å². The first-order valence-electron chi connectivity index (χ1n) is 3.85. The van der Waals surface area contributed by atoms with Gasteiger partial charge >= 0.3 is 0 Å². The van der Waals surface area contributed by atoms with Gasteiger partial charge in [-0.3, -0.25) is 10.1 Å². The predicted molar refractivity (Wildman–Crippen MR) is 56.1 cm³/mol. The zero-order chi connectivity index (χ0) is 13.4. The van der Waals surface area contributed by atoms with Crippen LogP contribution in [0.15, 0.2) is 17.0 Å². The third-order valence-corrected chi connectivity index (χ3v) is 3.45. The second-order valence-corrected chi connectivity index (χ2v) is 5.78. The van der Waals surface area contributed by atoms with E-state index in [4.69, 9.17) is 22.3 Å². The molecule has 0 fully saturated rings. The van der Waals surface area contributed by atoms with Crippen LogP contribution in [0.3, 0.4) is 0 Å². The fraction of sp³-hybridized carbons (Fsp3) is 0.143. The van der Waals surface area contributed by atoms with Gasteiger partial charge in [-0.1, -0.05) is 11.6 Å². The SMILES string of the molecule is O=[N+]([O-])c1cc(S(=O)(=O)Cl)c(C(F)F)cc1Cl. The minimum absolute atomic E-state index is 0.409. The second-order valence-electron chi connectivity index (χ2n) is 2.84. The summed E-state index contributed by atoms with van der Waals surface area (Å²) in [4.78, 5) is 8.46. The Morgan fingerprint density at radius 3 is 2.24 bits per heavy atom. The maximum atomic E-state index is 12.5. The van der Waals surface area contributed by atoms with Gasteiger partial charge in [0.05, 0.1) is 9.82 Å². The number of nitrogens with zero attached hydrogens (tertiary/aromatic N) is 1. The van der Waals surface area contributed by atoms with Crippen molar-refractivity contribution in [2.24, 2.45) is 0 Å². The van der Waals surface area contributed by atoms with Crippen molar-refractivity contribution in [3.63, 3.8) is 0 Å². The minimum atomic E-state index is -4.52. The molecule has 10 heteroatoms. The highest BCUT2D eigenvalue weighted by Gasteiger charge is 2.27. The molecule has 1 aromatic rings. The molecule has 0 radical (unpaired) electrons. The molecular weight excluding hydrogens is 303 g/mol. The van der Waals surface area contributed by atoms with Crippen LogP contribution in [-0.4, -0.2) is 13.3 Å². The Morgan fingerprint density at radius 2 is 1.88 bits per heavy atom. The molecule has 0 aromatic heterocycles. The van der Waals surface area contributed by atoms with E-state index < -0.39 is 41.6 Å². The van der Waals surface area contributed by atoms with E-state index in [-0.39, 0.29) is 0 Å². The van der Waals surface area contributed by atoms with Gasteiger partial charge in [-0.2, -0.15) is 0 Å². The molecule has 0 spiro atoms. The van der Waals surface area contributed by atoms with Crippen molar-refractivity contribution in [2.45, 2.75) is 11.3 Å². The maximum Gasteiger partial charge on any atom is 0.289 e. The number of hydrogen-bond donors (Lipinski definition) is 0.